The summed E-state index contributed by atoms with van der Waals surface area (Å²) in [5.74, 6) is -1.71. The zero-order valence-electron chi connectivity index (χ0n) is 23.0. The van der Waals surface area contributed by atoms with Crippen molar-refractivity contribution in [3.8, 4) is 5.75 Å². The van der Waals surface area contributed by atoms with Crippen LogP contribution in [0.1, 0.15) is 32.3 Å². The molecule has 1 aliphatic rings. The van der Waals surface area contributed by atoms with Crippen molar-refractivity contribution in [2.24, 2.45) is 0 Å². The minimum Gasteiger partial charge on any atom is -0.494 e. The Morgan fingerprint density at radius 3 is 2.29 bits per heavy atom. The number of amides is 3. The molecule has 3 amide bonds. The van der Waals surface area contributed by atoms with Crippen molar-refractivity contribution in [3.63, 3.8) is 0 Å². The summed E-state index contributed by atoms with van der Waals surface area (Å²) < 4.78 is 16.5. The molecule has 2 aromatic carbocycles. The van der Waals surface area contributed by atoms with Crippen molar-refractivity contribution < 1.29 is 33.1 Å². The third-order valence-corrected chi connectivity index (χ3v) is 6.44. The molecule has 1 aromatic heterocycles. The Morgan fingerprint density at radius 1 is 0.952 bits per heavy atom. The molecule has 1 aliphatic heterocycles. The fourth-order valence-electron chi connectivity index (χ4n) is 4.22. The lowest BCUT2D eigenvalue weighted by atomic mass is 10.1. The second-order valence-corrected chi connectivity index (χ2v) is 9.78. The van der Waals surface area contributed by atoms with Gasteiger partial charge >= 0.3 is 17.8 Å². The third-order valence-electron chi connectivity index (χ3n) is 6.00. The number of hydrogen-bond donors (Lipinski definition) is 2. The Hall–Kier alpha value is -4.54. The van der Waals surface area contributed by atoms with E-state index in [-0.39, 0.29) is 35.7 Å². The molecular formula is C30H27Cl2N3O7. The number of hydrogen-bond acceptors (Lipinski definition) is 7. The average molecular weight is 612 g/mol. The van der Waals surface area contributed by atoms with Crippen LogP contribution in [0.25, 0.3) is 6.08 Å². The standard InChI is InChI=1S/C30H27Cl2N3O7/c1-4-40-22-8-6-21(7-9-22)35-17(3)26(30(39)41-5-2)25(29(35)38)15-23-10-11-24(42-23)16-33-27(36)28(37)34-20-13-18(31)12-19(32)14-20/h6-15H,4-5,16H2,1-3H3,(H,33,36)(H,34,37)/b25-15+. The highest BCUT2D eigenvalue weighted by atomic mass is 35.5. The van der Waals surface area contributed by atoms with Crippen molar-refractivity contribution in [2.75, 3.05) is 23.4 Å². The maximum absolute atomic E-state index is 13.6. The first kappa shape index (κ1) is 30.4. The number of allylic oxidation sites excluding steroid dienone is 1. The molecule has 0 saturated heterocycles. The summed E-state index contributed by atoms with van der Waals surface area (Å²) in [5.41, 5.74) is 1.41. The predicted octanol–water partition coefficient (Wildman–Crippen LogP) is 5.51. The number of nitrogens with zero attached hydrogens (tertiary/aromatic N) is 1. The summed E-state index contributed by atoms with van der Waals surface area (Å²) in [5, 5.41) is 5.48. The maximum atomic E-state index is 13.6. The van der Waals surface area contributed by atoms with Crippen molar-refractivity contribution >= 4 is 64.3 Å². The van der Waals surface area contributed by atoms with E-state index in [1.165, 1.54) is 29.2 Å². The fraction of sp³-hybridized carbons (Fsp3) is 0.200. The van der Waals surface area contributed by atoms with Crippen LogP contribution < -0.4 is 20.3 Å². The SMILES string of the molecule is CCOC(=O)C1=C(C)N(c2ccc(OCC)cc2)C(=O)/C1=C/c1ccc(CNC(=O)C(=O)Nc2cc(Cl)cc(Cl)c2)o1. The normalized spacial score (nSPS) is 13.9. The minimum absolute atomic E-state index is 0.0873. The van der Waals surface area contributed by atoms with Crippen LogP contribution in [-0.2, 0) is 30.5 Å². The summed E-state index contributed by atoms with van der Waals surface area (Å²) in [6.45, 7) is 5.72. The molecule has 42 heavy (non-hydrogen) atoms. The largest absolute Gasteiger partial charge is 0.494 e. The maximum Gasteiger partial charge on any atom is 0.340 e. The van der Waals surface area contributed by atoms with E-state index in [9.17, 15) is 19.2 Å². The van der Waals surface area contributed by atoms with E-state index in [1.54, 1.807) is 50.2 Å². The van der Waals surface area contributed by atoms with Crippen LogP contribution in [0.15, 0.2) is 75.9 Å². The number of benzene rings is 2. The topological polar surface area (TPSA) is 127 Å². The van der Waals surface area contributed by atoms with Gasteiger partial charge in [-0.2, -0.15) is 0 Å². The van der Waals surface area contributed by atoms with Crippen LogP contribution in [0, 0.1) is 0 Å². The van der Waals surface area contributed by atoms with E-state index < -0.39 is 23.7 Å². The van der Waals surface area contributed by atoms with Gasteiger partial charge in [0.25, 0.3) is 5.91 Å². The minimum atomic E-state index is -0.923. The molecule has 0 bridgehead atoms. The van der Waals surface area contributed by atoms with Crippen molar-refractivity contribution in [3.05, 3.63) is 93.0 Å². The monoisotopic (exact) mass is 611 g/mol. The summed E-state index contributed by atoms with van der Waals surface area (Å²) in [7, 11) is 0. The number of esters is 1. The van der Waals surface area contributed by atoms with Gasteiger partial charge in [0.15, 0.2) is 0 Å². The highest BCUT2D eigenvalue weighted by Crippen LogP contribution is 2.36. The Morgan fingerprint density at radius 2 is 1.64 bits per heavy atom. The summed E-state index contributed by atoms with van der Waals surface area (Å²) in [6, 6.07) is 14.5. The van der Waals surface area contributed by atoms with Gasteiger partial charge in [-0.25, -0.2) is 4.79 Å². The lowest BCUT2D eigenvalue weighted by molar-refractivity contribution is -0.138. The van der Waals surface area contributed by atoms with E-state index in [0.29, 0.717) is 39.5 Å². The van der Waals surface area contributed by atoms with Crippen LogP contribution in [0.4, 0.5) is 11.4 Å². The third kappa shape index (κ3) is 7.02. The van der Waals surface area contributed by atoms with Gasteiger partial charge in [-0.05, 0) is 81.4 Å². The molecule has 218 valence electrons. The van der Waals surface area contributed by atoms with Gasteiger partial charge in [0.2, 0.25) is 0 Å². The second-order valence-electron chi connectivity index (χ2n) is 8.91. The lowest BCUT2D eigenvalue weighted by Crippen LogP contribution is -2.34. The molecule has 0 radical (unpaired) electrons. The Kier molecular flexibility index (Phi) is 9.72. The molecule has 0 fully saturated rings. The molecular weight excluding hydrogens is 585 g/mol. The van der Waals surface area contributed by atoms with E-state index in [1.807, 2.05) is 6.92 Å². The quantitative estimate of drug-likeness (QED) is 0.185. The van der Waals surface area contributed by atoms with Crippen molar-refractivity contribution in [1.29, 1.82) is 0 Å². The van der Waals surface area contributed by atoms with Gasteiger partial charge in [0.05, 0.1) is 30.9 Å². The molecule has 0 saturated carbocycles. The number of halogens is 2. The van der Waals surface area contributed by atoms with Crippen molar-refractivity contribution in [1.82, 2.24) is 5.32 Å². The first-order chi connectivity index (χ1) is 20.1. The van der Waals surface area contributed by atoms with Gasteiger partial charge in [0.1, 0.15) is 17.3 Å². The molecule has 2 heterocycles. The first-order valence-electron chi connectivity index (χ1n) is 12.9. The van der Waals surface area contributed by atoms with E-state index in [0.717, 1.165) is 0 Å². The van der Waals surface area contributed by atoms with Crippen LogP contribution >= 0.6 is 23.2 Å². The summed E-state index contributed by atoms with van der Waals surface area (Å²) in [4.78, 5) is 52.4. The molecule has 0 spiro atoms. The molecule has 0 aliphatic carbocycles. The molecule has 10 nitrogen and oxygen atoms in total. The van der Waals surface area contributed by atoms with Crippen LogP contribution in [0.3, 0.4) is 0 Å². The number of anilines is 2. The van der Waals surface area contributed by atoms with E-state index in [2.05, 4.69) is 10.6 Å². The zero-order valence-corrected chi connectivity index (χ0v) is 24.5. The zero-order chi connectivity index (χ0) is 30.4. The number of carbonyl (C=O) groups is 4. The number of rotatable bonds is 9. The molecule has 2 N–H and O–H groups in total. The highest BCUT2D eigenvalue weighted by molar-refractivity contribution is 6.40. The van der Waals surface area contributed by atoms with Crippen LogP contribution in [0.2, 0.25) is 10.0 Å². The first-order valence-corrected chi connectivity index (χ1v) is 13.7. The van der Waals surface area contributed by atoms with Gasteiger partial charge in [-0.3, -0.25) is 19.3 Å². The number of nitrogens with one attached hydrogen (secondary N) is 2. The Balaban J connectivity index is 1.50. The predicted molar refractivity (Wildman–Crippen MR) is 158 cm³/mol. The number of ether oxygens (including phenoxy) is 2. The van der Waals surface area contributed by atoms with Crippen molar-refractivity contribution in [2.45, 2.75) is 27.3 Å². The molecule has 12 heteroatoms. The fourth-order valence-corrected chi connectivity index (χ4v) is 4.75. The molecule has 3 aromatic rings. The molecule has 4 rings (SSSR count). The second kappa shape index (κ2) is 13.4. The molecule has 0 atom stereocenters. The van der Waals surface area contributed by atoms with E-state index >= 15 is 0 Å². The van der Waals surface area contributed by atoms with Crippen LogP contribution in [-0.4, -0.2) is 36.9 Å². The Bertz CT molecular complexity index is 1570. The highest BCUT2D eigenvalue weighted by Gasteiger charge is 2.38. The molecule has 0 unspecified atom stereocenters. The van der Waals surface area contributed by atoms with Crippen LogP contribution in [0.5, 0.6) is 5.75 Å². The smallest absolute Gasteiger partial charge is 0.340 e. The number of carbonyl (C=O) groups excluding carboxylic acids is 4. The van der Waals surface area contributed by atoms with E-state index in [4.69, 9.17) is 37.1 Å². The van der Waals surface area contributed by atoms with Gasteiger partial charge in [0, 0.05) is 27.1 Å². The van der Waals surface area contributed by atoms with Gasteiger partial charge < -0.3 is 24.5 Å². The summed E-state index contributed by atoms with van der Waals surface area (Å²) >= 11 is 11.8. The number of furan rings is 1. The summed E-state index contributed by atoms with van der Waals surface area (Å²) in [6.07, 6.45) is 1.44. The van der Waals surface area contributed by atoms with Gasteiger partial charge in [-0.1, -0.05) is 23.2 Å². The van der Waals surface area contributed by atoms with Gasteiger partial charge in [-0.15, -0.1) is 0 Å². The lowest BCUT2D eigenvalue weighted by Gasteiger charge is -2.18. The Labute approximate surface area is 251 Å². The average Bonchev–Trinajstić information content (AvgIpc) is 3.48.